The molecule has 0 aliphatic heterocycles. The molecule has 0 saturated carbocycles. The molecule has 6 nitrogen and oxygen atoms in total. The van der Waals surface area contributed by atoms with Crippen LogP contribution in [0, 0.1) is 5.82 Å². The molecule has 2 atom stereocenters. The van der Waals surface area contributed by atoms with E-state index in [4.69, 9.17) is 4.74 Å². The third-order valence-corrected chi connectivity index (χ3v) is 6.65. The lowest BCUT2D eigenvalue weighted by Crippen LogP contribution is -2.28. The Morgan fingerprint density at radius 2 is 1.89 bits per heavy atom. The van der Waals surface area contributed by atoms with Gasteiger partial charge >= 0.3 is 0 Å². The van der Waals surface area contributed by atoms with Crippen molar-refractivity contribution in [2.45, 2.75) is 51.0 Å². The van der Waals surface area contributed by atoms with Gasteiger partial charge in [-0.05, 0) is 60.2 Å². The van der Waals surface area contributed by atoms with Crippen molar-refractivity contribution in [2.75, 3.05) is 6.61 Å². The Bertz CT molecular complexity index is 1340. The third kappa shape index (κ3) is 5.64. The van der Waals surface area contributed by atoms with Crippen LogP contribution in [0.2, 0.25) is 0 Å². The largest absolute Gasteiger partial charge is 0.389 e. The molecule has 1 aliphatic rings. The van der Waals surface area contributed by atoms with Gasteiger partial charge in [0, 0.05) is 6.54 Å². The van der Waals surface area contributed by atoms with E-state index in [1.54, 1.807) is 12.1 Å². The molecule has 1 aliphatic carbocycles. The highest BCUT2D eigenvalue weighted by molar-refractivity contribution is 5.81. The van der Waals surface area contributed by atoms with E-state index in [0.717, 1.165) is 35.9 Å². The molecule has 1 amide bonds. The van der Waals surface area contributed by atoms with Crippen molar-refractivity contribution in [1.82, 2.24) is 14.9 Å². The van der Waals surface area contributed by atoms with Gasteiger partial charge in [0.05, 0.1) is 42.8 Å². The lowest BCUT2D eigenvalue weighted by Gasteiger charge is -2.26. The topological polar surface area (TPSA) is 76.4 Å². The molecule has 2 N–H and O–H groups in total. The second-order valence-corrected chi connectivity index (χ2v) is 9.27. The van der Waals surface area contributed by atoms with Crippen LogP contribution in [0.4, 0.5) is 4.39 Å². The first-order valence-electron chi connectivity index (χ1n) is 12.4. The van der Waals surface area contributed by atoms with Gasteiger partial charge in [-0.3, -0.25) is 4.79 Å². The van der Waals surface area contributed by atoms with Crippen molar-refractivity contribution in [3.05, 3.63) is 101 Å². The molecule has 0 saturated heterocycles. The minimum Gasteiger partial charge on any atom is -0.389 e. The van der Waals surface area contributed by atoms with E-state index in [2.05, 4.69) is 28.5 Å². The summed E-state index contributed by atoms with van der Waals surface area (Å²) in [4.78, 5) is 17.3. The van der Waals surface area contributed by atoms with Crippen LogP contribution in [0.1, 0.15) is 41.5 Å². The maximum absolute atomic E-state index is 13.1. The van der Waals surface area contributed by atoms with Crippen LogP contribution in [-0.2, 0) is 35.5 Å². The van der Waals surface area contributed by atoms with E-state index in [0.29, 0.717) is 12.4 Å². The monoisotopic (exact) mass is 487 g/mol. The summed E-state index contributed by atoms with van der Waals surface area (Å²) in [5.74, 6) is 0.0735. The predicted molar refractivity (Wildman–Crippen MR) is 136 cm³/mol. The van der Waals surface area contributed by atoms with Crippen LogP contribution in [-0.4, -0.2) is 33.3 Å². The highest BCUT2D eigenvalue weighted by Gasteiger charge is 2.22. The lowest BCUT2D eigenvalue weighted by atomic mass is 9.89. The number of para-hydroxylation sites is 2. The number of aryl methyl sites for hydroxylation is 1. The Labute approximate surface area is 209 Å². The molecule has 0 fully saturated rings. The molecule has 7 heteroatoms. The molecular formula is C29H30FN3O3. The molecule has 0 unspecified atom stereocenters. The molecule has 4 aromatic rings. The molecule has 0 radical (unpaired) electrons. The number of rotatable bonds is 9. The van der Waals surface area contributed by atoms with Crippen LogP contribution in [0.15, 0.2) is 72.8 Å². The molecule has 1 aromatic heterocycles. The van der Waals surface area contributed by atoms with E-state index in [1.165, 1.54) is 23.3 Å². The number of hydrogen-bond donors (Lipinski definition) is 2. The summed E-state index contributed by atoms with van der Waals surface area (Å²) >= 11 is 0. The number of benzene rings is 3. The normalized spacial score (nSPS) is 16.0. The van der Waals surface area contributed by atoms with Gasteiger partial charge in [0.1, 0.15) is 11.6 Å². The Morgan fingerprint density at radius 3 is 2.75 bits per heavy atom. The number of nitrogens with one attached hydrogen (secondary N) is 1. The van der Waals surface area contributed by atoms with Crippen molar-refractivity contribution in [1.29, 1.82) is 0 Å². The summed E-state index contributed by atoms with van der Waals surface area (Å²) in [6.07, 6.45) is 2.38. The zero-order valence-electron chi connectivity index (χ0n) is 20.1. The number of amides is 1. The van der Waals surface area contributed by atoms with Gasteiger partial charge in [0.25, 0.3) is 0 Å². The summed E-state index contributed by atoms with van der Waals surface area (Å²) in [6.45, 7) is 0.774. The molecule has 1 heterocycles. The molecule has 0 spiro atoms. The van der Waals surface area contributed by atoms with E-state index >= 15 is 0 Å². The number of aliphatic hydroxyl groups excluding tert-OH is 1. The van der Waals surface area contributed by atoms with Crippen molar-refractivity contribution >= 4 is 16.9 Å². The molecule has 0 bridgehead atoms. The fraction of sp³-hybridized carbons (Fsp3) is 0.310. The first kappa shape index (κ1) is 24.2. The van der Waals surface area contributed by atoms with Gasteiger partial charge in [-0.2, -0.15) is 0 Å². The van der Waals surface area contributed by atoms with E-state index in [9.17, 15) is 14.3 Å². The zero-order valence-corrected chi connectivity index (χ0v) is 20.1. The van der Waals surface area contributed by atoms with Crippen molar-refractivity contribution in [3.8, 4) is 0 Å². The average Bonchev–Trinajstić information content (AvgIpc) is 3.23. The van der Waals surface area contributed by atoms with Gasteiger partial charge in [-0.15, -0.1) is 0 Å². The van der Waals surface area contributed by atoms with Crippen LogP contribution in [0.3, 0.4) is 0 Å². The number of aromatic nitrogens is 2. The summed E-state index contributed by atoms with van der Waals surface area (Å²) in [5, 5.41) is 13.8. The molecular weight excluding hydrogens is 457 g/mol. The number of aliphatic hydroxyl groups is 1. The molecule has 5 rings (SSSR count). The van der Waals surface area contributed by atoms with Gasteiger partial charge in [-0.25, -0.2) is 9.37 Å². The number of ether oxygens (including phenoxy) is 1. The highest BCUT2D eigenvalue weighted by atomic mass is 19.1. The predicted octanol–water partition coefficient (Wildman–Crippen LogP) is 4.49. The lowest BCUT2D eigenvalue weighted by molar-refractivity contribution is -0.120. The van der Waals surface area contributed by atoms with Crippen LogP contribution < -0.4 is 5.32 Å². The Morgan fingerprint density at radius 1 is 1.11 bits per heavy atom. The van der Waals surface area contributed by atoms with Gasteiger partial charge in [-0.1, -0.05) is 48.5 Å². The summed E-state index contributed by atoms with van der Waals surface area (Å²) < 4.78 is 21.2. The second kappa shape index (κ2) is 11.0. The van der Waals surface area contributed by atoms with Crippen LogP contribution in [0.25, 0.3) is 11.0 Å². The summed E-state index contributed by atoms with van der Waals surface area (Å²) in [5.41, 5.74) is 4.98. The minimum atomic E-state index is -0.752. The average molecular weight is 488 g/mol. The maximum Gasteiger partial charge on any atom is 0.227 e. The number of halogens is 1. The van der Waals surface area contributed by atoms with E-state index < -0.39 is 6.10 Å². The number of carbonyl (C=O) groups excluding carboxylic acids is 1. The van der Waals surface area contributed by atoms with Crippen molar-refractivity contribution in [2.24, 2.45) is 0 Å². The van der Waals surface area contributed by atoms with Gasteiger partial charge in [0.15, 0.2) is 0 Å². The molecule has 3 aromatic carbocycles. The smallest absolute Gasteiger partial charge is 0.227 e. The molecule has 36 heavy (non-hydrogen) atoms. The fourth-order valence-corrected chi connectivity index (χ4v) is 4.85. The second-order valence-electron chi connectivity index (χ2n) is 9.27. The van der Waals surface area contributed by atoms with Crippen LogP contribution in [0.5, 0.6) is 0 Å². The number of imidazole rings is 1. The molecule has 186 valence electrons. The Balaban J connectivity index is 1.24. The van der Waals surface area contributed by atoms with Crippen LogP contribution >= 0.6 is 0 Å². The number of fused-ring (bicyclic) bond motifs is 2. The fourth-order valence-electron chi connectivity index (χ4n) is 4.85. The number of carbonyl (C=O) groups is 1. The first-order valence-corrected chi connectivity index (χ1v) is 12.4. The maximum atomic E-state index is 13.1. The Kier molecular flexibility index (Phi) is 7.39. The number of hydrogen-bond acceptors (Lipinski definition) is 4. The quantitative estimate of drug-likeness (QED) is 0.365. The SMILES string of the molecule is O=C(Cc1nc2ccccc2n1C[C@H](O)CO[C@@H]1CCCc2ccccc21)NCc1ccc(F)cc1. The van der Waals surface area contributed by atoms with Crippen molar-refractivity contribution < 1.29 is 19.0 Å². The van der Waals surface area contributed by atoms with Gasteiger partial charge in [0.2, 0.25) is 5.91 Å². The highest BCUT2D eigenvalue weighted by Crippen LogP contribution is 2.32. The zero-order chi connectivity index (χ0) is 24.9. The van der Waals surface area contributed by atoms with Crippen molar-refractivity contribution in [3.63, 3.8) is 0 Å². The first-order chi connectivity index (χ1) is 17.6. The standard InChI is InChI=1S/C29H30FN3O3/c30-22-14-12-20(13-15-22)17-31-29(35)16-28-32-25-9-3-4-10-26(25)33(28)18-23(34)19-36-27-11-5-7-21-6-1-2-8-24(21)27/h1-4,6,8-10,12-15,23,27,34H,5,7,11,16-19H2,(H,31,35)/t23-,27+/m0/s1. The third-order valence-electron chi connectivity index (χ3n) is 6.65. The Hall–Kier alpha value is -3.55. The van der Waals surface area contributed by atoms with E-state index in [-0.39, 0.29) is 37.4 Å². The van der Waals surface area contributed by atoms with Gasteiger partial charge < -0.3 is 19.7 Å². The number of nitrogens with zero attached hydrogens (tertiary/aromatic N) is 2. The minimum absolute atomic E-state index is 0.0131. The van der Waals surface area contributed by atoms with E-state index in [1.807, 2.05) is 34.9 Å². The summed E-state index contributed by atoms with van der Waals surface area (Å²) in [6, 6.07) is 22.0. The summed E-state index contributed by atoms with van der Waals surface area (Å²) in [7, 11) is 0.